The quantitative estimate of drug-likeness (QED) is 0.424. The van der Waals surface area contributed by atoms with Gasteiger partial charge < -0.3 is 30.7 Å². The molecule has 3 amide bonds. The lowest BCUT2D eigenvalue weighted by molar-refractivity contribution is -0.150. The molecule has 43 heavy (non-hydrogen) atoms. The standard InChI is InChI=1S/C27H40N4O5.C7H8/c1-27(2,35)24-25(33)30-18-22(32)28-15-9-13-19-10-7-8-14-21(19)36-17-16-29-23(26(34)31(24)3)20-11-5-4-6-12-20;1-7-5-3-2-4-6-7/h7-10,13-14,20,23-24,29,35H,4-6,11-12,15-18H2,1-3H3,(H,28,32)(H,30,33);2-6H,1H3/b13-9+;. The number of nitrogens with zero attached hydrogens (tertiary/aromatic N) is 1. The van der Waals surface area contributed by atoms with Gasteiger partial charge in [0.05, 0.1) is 18.2 Å². The van der Waals surface area contributed by atoms with Crippen LogP contribution in [0, 0.1) is 12.8 Å². The Labute approximate surface area is 256 Å². The maximum Gasteiger partial charge on any atom is 0.246 e. The number of hydrogen-bond acceptors (Lipinski definition) is 6. The fourth-order valence-corrected chi connectivity index (χ4v) is 5.59. The minimum absolute atomic E-state index is 0.130. The van der Waals surface area contributed by atoms with Crippen LogP contribution in [0.15, 0.2) is 60.7 Å². The van der Waals surface area contributed by atoms with Crippen molar-refractivity contribution in [1.29, 1.82) is 0 Å². The zero-order chi connectivity index (χ0) is 31.2. The molecule has 9 heteroatoms. The van der Waals surface area contributed by atoms with Gasteiger partial charge in [0.15, 0.2) is 0 Å². The van der Waals surface area contributed by atoms with E-state index in [0.717, 1.165) is 43.4 Å². The lowest BCUT2D eigenvalue weighted by atomic mass is 9.82. The van der Waals surface area contributed by atoms with Gasteiger partial charge in [0.2, 0.25) is 17.7 Å². The SMILES string of the molecule is CN1C(=O)C(C2CCCCC2)NCCOc2ccccc2/C=C/CNC(=O)CNC(=O)C1C(C)(C)O.Cc1ccccc1. The van der Waals surface area contributed by atoms with Gasteiger partial charge in [-0.05, 0) is 45.6 Å². The number of para-hydroxylation sites is 1. The Morgan fingerprint density at radius 1 is 0.930 bits per heavy atom. The normalized spacial score (nSPS) is 22.3. The number of fused-ring (bicyclic) bond motifs is 1. The number of ether oxygens (including phenoxy) is 1. The van der Waals surface area contributed by atoms with E-state index in [1.54, 1.807) is 0 Å². The molecule has 4 N–H and O–H groups in total. The first-order valence-electron chi connectivity index (χ1n) is 15.2. The number of rotatable bonds is 2. The largest absolute Gasteiger partial charge is 0.492 e. The minimum atomic E-state index is -1.52. The van der Waals surface area contributed by atoms with Crippen molar-refractivity contribution in [2.75, 3.05) is 33.3 Å². The highest BCUT2D eigenvalue weighted by Crippen LogP contribution is 2.28. The van der Waals surface area contributed by atoms with Crippen molar-refractivity contribution < 1.29 is 24.2 Å². The number of carbonyl (C=O) groups is 3. The summed E-state index contributed by atoms with van der Waals surface area (Å²) in [4.78, 5) is 40.4. The van der Waals surface area contributed by atoms with E-state index in [2.05, 4.69) is 35.0 Å². The lowest BCUT2D eigenvalue weighted by Gasteiger charge is -2.39. The van der Waals surface area contributed by atoms with Gasteiger partial charge in [0, 0.05) is 25.7 Å². The second-order valence-corrected chi connectivity index (χ2v) is 11.8. The Morgan fingerprint density at radius 2 is 1.60 bits per heavy atom. The molecular formula is C34H48N4O5. The monoisotopic (exact) mass is 592 g/mol. The van der Waals surface area contributed by atoms with E-state index in [4.69, 9.17) is 4.74 Å². The fraction of sp³-hybridized carbons (Fsp3) is 0.500. The Balaban J connectivity index is 0.000000633. The summed E-state index contributed by atoms with van der Waals surface area (Å²) in [5.74, 6) is -0.354. The lowest BCUT2D eigenvalue weighted by Crippen LogP contribution is -2.62. The van der Waals surface area contributed by atoms with E-state index in [0.29, 0.717) is 13.2 Å². The van der Waals surface area contributed by atoms with Crippen molar-refractivity contribution in [3.8, 4) is 5.75 Å². The first-order valence-corrected chi connectivity index (χ1v) is 15.2. The molecule has 4 rings (SSSR count). The third-order valence-corrected chi connectivity index (χ3v) is 7.76. The summed E-state index contributed by atoms with van der Waals surface area (Å²) in [6, 6.07) is 16.2. The molecule has 2 aromatic rings. The third kappa shape index (κ3) is 10.8. The van der Waals surface area contributed by atoms with Gasteiger partial charge in [-0.1, -0.05) is 85.5 Å². The number of aryl methyl sites for hydroxylation is 1. The van der Waals surface area contributed by atoms with Crippen LogP contribution in [0.1, 0.15) is 57.1 Å². The summed E-state index contributed by atoms with van der Waals surface area (Å²) in [5.41, 5.74) is 0.690. The molecule has 1 aliphatic heterocycles. The van der Waals surface area contributed by atoms with E-state index < -0.39 is 23.6 Å². The van der Waals surface area contributed by atoms with Crippen LogP contribution in [-0.4, -0.2) is 78.7 Å². The third-order valence-electron chi connectivity index (χ3n) is 7.76. The molecule has 0 aromatic heterocycles. The summed E-state index contributed by atoms with van der Waals surface area (Å²) >= 11 is 0. The smallest absolute Gasteiger partial charge is 0.246 e. The molecule has 234 valence electrons. The van der Waals surface area contributed by atoms with Gasteiger partial charge in [-0.2, -0.15) is 0 Å². The van der Waals surface area contributed by atoms with Crippen molar-refractivity contribution in [2.45, 2.75) is 70.6 Å². The molecule has 2 atom stereocenters. The van der Waals surface area contributed by atoms with Crippen LogP contribution in [0.2, 0.25) is 0 Å². The summed E-state index contributed by atoms with van der Waals surface area (Å²) in [7, 11) is 1.54. The number of carbonyl (C=O) groups excluding carboxylic acids is 3. The van der Waals surface area contributed by atoms with Crippen LogP contribution in [0.5, 0.6) is 5.75 Å². The van der Waals surface area contributed by atoms with E-state index in [1.165, 1.54) is 31.4 Å². The summed E-state index contributed by atoms with van der Waals surface area (Å²) in [5, 5.41) is 19.5. The number of likely N-dealkylation sites (N-methyl/N-ethyl adjacent to an activating group) is 1. The molecular weight excluding hydrogens is 544 g/mol. The highest BCUT2D eigenvalue weighted by atomic mass is 16.5. The molecule has 2 aliphatic rings. The van der Waals surface area contributed by atoms with Gasteiger partial charge in [-0.15, -0.1) is 0 Å². The topological polar surface area (TPSA) is 120 Å². The van der Waals surface area contributed by atoms with Crippen LogP contribution in [0.3, 0.4) is 0 Å². The summed E-state index contributed by atoms with van der Waals surface area (Å²) in [6.45, 7) is 5.90. The van der Waals surface area contributed by atoms with Crippen LogP contribution in [0.4, 0.5) is 0 Å². The highest BCUT2D eigenvalue weighted by molar-refractivity contribution is 5.92. The summed E-state index contributed by atoms with van der Waals surface area (Å²) < 4.78 is 6.01. The van der Waals surface area contributed by atoms with Gasteiger partial charge >= 0.3 is 0 Å². The van der Waals surface area contributed by atoms with Gasteiger partial charge in [0.1, 0.15) is 18.4 Å². The van der Waals surface area contributed by atoms with E-state index >= 15 is 0 Å². The number of hydrogen-bond donors (Lipinski definition) is 4. The van der Waals surface area contributed by atoms with E-state index in [1.807, 2.05) is 54.6 Å². The zero-order valence-corrected chi connectivity index (χ0v) is 26.0. The van der Waals surface area contributed by atoms with Crippen molar-refractivity contribution in [3.63, 3.8) is 0 Å². The van der Waals surface area contributed by atoms with Crippen LogP contribution < -0.4 is 20.7 Å². The van der Waals surface area contributed by atoms with Crippen molar-refractivity contribution in [2.24, 2.45) is 5.92 Å². The van der Waals surface area contributed by atoms with Crippen LogP contribution in [0.25, 0.3) is 6.08 Å². The zero-order valence-electron chi connectivity index (χ0n) is 26.0. The molecule has 2 aromatic carbocycles. The molecule has 9 nitrogen and oxygen atoms in total. The van der Waals surface area contributed by atoms with Gasteiger partial charge in [0.25, 0.3) is 0 Å². The average molecular weight is 593 g/mol. The molecule has 0 spiro atoms. The van der Waals surface area contributed by atoms with Gasteiger partial charge in [-0.25, -0.2) is 0 Å². The number of nitrogens with one attached hydrogen (secondary N) is 3. The summed E-state index contributed by atoms with van der Waals surface area (Å²) in [6.07, 6.45) is 8.79. The van der Waals surface area contributed by atoms with E-state index in [9.17, 15) is 19.5 Å². The maximum atomic E-state index is 13.7. The number of benzene rings is 2. The van der Waals surface area contributed by atoms with E-state index in [-0.39, 0.29) is 30.8 Å². The highest BCUT2D eigenvalue weighted by Gasteiger charge is 2.42. The maximum absolute atomic E-state index is 13.7. The molecule has 2 unspecified atom stereocenters. The second kappa shape index (κ2) is 16.8. The number of aliphatic hydroxyl groups is 1. The average Bonchev–Trinajstić information content (AvgIpc) is 2.98. The Hall–Kier alpha value is -3.69. The predicted octanol–water partition coefficient (Wildman–Crippen LogP) is 3.46. The Kier molecular flexibility index (Phi) is 13.2. The molecule has 0 radical (unpaired) electrons. The molecule has 0 bridgehead atoms. The van der Waals surface area contributed by atoms with Crippen molar-refractivity contribution in [3.05, 3.63) is 71.8 Å². The Morgan fingerprint density at radius 3 is 2.26 bits per heavy atom. The van der Waals surface area contributed by atoms with Crippen LogP contribution in [-0.2, 0) is 14.4 Å². The number of amides is 3. The van der Waals surface area contributed by atoms with Crippen molar-refractivity contribution in [1.82, 2.24) is 20.9 Å². The molecule has 1 saturated carbocycles. The Bertz CT molecular complexity index is 1200. The first kappa shape index (κ1) is 33.8. The molecule has 1 heterocycles. The fourth-order valence-electron chi connectivity index (χ4n) is 5.59. The van der Waals surface area contributed by atoms with Crippen molar-refractivity contribution >= 4 is 23.8 Å². The first-order chi connectivity index (χ1) is 20.6. The molecule has 1 aliphatic carbocycles. The van der Waals surface area contributed by atoms with Crippen LogP contribution >= 0.6 is 0 Å². The molecule has 1 fully saturated rings. The second-order valence-electron chi connectivity index (χ2n) is 11.8. The molecule has 0 saturated heterocycles. The van der Waals surface area contributed by atoms with Gasteiger partial charge in [-0.3, -0.25) is 14.4 Å². The minimum Gasteiger partial charge on any atom is -0.492 e. The predicted molar refractivity (Wildman–Crippen MR) is 169 cm³/mol.